The third kappa shape index (κ3) is 1.65. The predicted octanol–water partition coefficient (Wildman–Crippen LogP) is 1.87. The van der Waals surface area contributed by atoms with Gasteiger partial charge in [-0.2, -0.15) is 26.3 Å². The largest absolute Gasteiger partial charge is 0.372 e. The van der Waals surface area contributed by atoms with Gasteiger partial charge in [0.1, 0.15) is 0 Å². The van der Waals surface area contributed by atoms with Crippen LogP contribution in [-0.4, -0.2) is 24.3 Å². The van der Waals surface area contributed by atoms with Gasteiger partial charge in [-0.15, -0.1) is 0 Å². The van der Waals surface area contributed by atoms with Crippen LogP contribution in [0.5, 0.6) is 0 Å². The van der Waals surface area contributed by atoms with E-state index in [9.17, 15) is 26.3 Å². The van der Waals surface area contributed by atoms with Gasteiger partial charge in [-0.25, -0.2) is 0 Å². The van der Waals surface area contributed by atoms with Crippen LogP contribution in [0.2, 0.25) is 0 Å². The highest BCUT2D eigenvalue weighted by Gasteiger charge is 2.68. The number of hydrogen-bond acceptors (Lipinski definition) is 1. The van der Waals surface area contributed by atoms with Crippen LogP contribution in [0.4, 0.5) is 26.3 Å². The first kappa shape index (κ1) is 11.5. The molecule has 0 amide bonds. The van der Waals surface area contributed by atoms with Crippen molar-refractivity contribution >= 4 is 0 Å². The van der Waals surface area contributed by atoms with Gasteiger partial charge >= 0.3 is 17.8 Å². The van der Waals surface area contributed by atoms with Crippen molar-refractivity contribution in [2.45, 2.75) is 24.7 Å². The average molecular weight is 195 g/mol. The molecular weight excluding hydrogens is 188 g/mol. The molecule has 0 aliphatic carbocycles. The quantitative estimate of drug-likeness (QED) is 0.683. The molecule has 74 valence electrons. The Hall–Kier alpha value is -0.460. The molecule has 0 unspecified atom stereocenters. The summed E-state index contributed by atoms with van der Waals surface area (Å²) < 4.78 is 72.2. The first-order valence-corrected chi connectivity index (χ1v) is 2.90. The maximum atomic E-state index is 12.1. The van der Waals surface area contributed by atoms with Crippen molar-refractivity contribution in [3.63, 3.8) is 0 Å². The van der Waals surface area contributed by atoms with Gasteiger partial charge in [-0.3, -0.25) is 0 Å². The standard InChI is InChI=1S/C5H7F6N/c1-3(6,7)5(10,11)4(8,9)2-12/h2,12H2,1H3. The van der Waals surface area contributed by atoms with Gasteiger partial charge in [0.25, 0.3) is 0 Å². The molecule has 12 heavy (non-hydrogen) atoms. The molecule has 0 bridgehead atoms. The molecule has 7 heteroatoms. The Bertz CT molecular complexity index is 160. The average Bonchev–Trinajstić information content (AvgIpc) is 1.85. The van der Waals surface area contributed by atoms with Crippen molar-refractivity contribution < 1.29 is 26.3 Å². The molecule has 0 aromatic heterocycles. The van der Waals surface area contributed by atoms with E-state index >= 15 is 0 Å². The van der Waals surface area contributed by atoms with Crippen LogP contribution in [0, 0.1) is 0 Å². The Balaban J connectivity index is 4.85. The highest BCUT2D eigenvalue weighted by Crippen LogP contribution is 2.44. The SMILES string of the molecule is CC(F)(F)C(F)(F)C(F)(F)CN. The molecule has 1 nitrogen and oxygen atoms in total. The molecule has 0 saturated carbocycles. The van der Waals surface area contributed by atoms with E-state index in [-0.39, 0.29) is 6.92 Å². The highest BCUT2D eigenvalue weighted by molar-refractivity contribution is 4.94. The molecule has 0 aromatic carbocycles. The van der Waals surface area contributed by atoms with Crippen LogP contribution in [-0.2, 0) is 0 Å². The fraction of sp³-hybridized carbons (Fsp3) is 1.00. The summed E-state index contributed by atoms with van der Waals surface area (Å²) in [7, 11) is 0. The molecule has 0 fully saturated rings. The lowest BCUT2D eigenvalue weighted by molar-refractivity contribution is -0.298. The summed E-state index contributed by atoms with van der Waals surface area (Å²) in [5, 5.41) is 0. The molecule has 0 atom stereocenters. The molecule has 0 spiro atoms. The maximum absolute atomic E-state index is 12.1. The number of nitrogens with two attached hydrogens (primary N) is 1. The van der Waals surface area contributed by atoms with Crippen molar-refractivity contribution in [2.75, 3.05) is 6.54 Å². The topological polar surface area (TPSA) is 26.0 Å². The van der Waals surface area contributed by atoms with Crippen molar-refractivity contribution in [1.82, 2.24) is 0 Å². The monoisotopic (exact) mass is 195 g/mol. The van der Waals surface area contributed by atoms with Gasteiger partial charge in [0.15, 0.2) is 0 Å². The van der Waals surface area contributed by atoms with E-state index in [0.29, 0.717) is 0 Å². The van der Waals surface area contributed by atoms with E-state index in [0.717, 1.165) is 0 Å². The van der Waals surface area contributed by atoms with Gasteiger partial charge < -0.3 is 5.73 Å². The van der Waals surface area contributed by atoms with E-state index in [4.69, 9.17) is 0 Å². The molecule has 0 aromatic rings. The highest BCUT2D eigenvalue weighted by atomic mass is 19.3. The smallest absolute Gasteiger partial charge is 0.325 e. The van der Waals surface area contributed by atoms with E-state index in [1.165, 1.54) is 0 Å². The Kier molecular flexibility index (Phi) is 2.68. The minimum atomic E-state index is -5.41. The second-order valence-electron chi connectivity index (χ2n) is 2.37. The number of rotatable bonds is 3. The van der Waals surface area contributed by atoms with E-state index in [2.05, 4.69) is 5.73 Å². The first-order chi connectivity index (χ1) is 5.06. The van der Waals surface area contributed by atoms with Crippen LogP contribution >= 0.6 is 0 Å². The fourth-order valence-corrected chi connectivity index (χ4v) is 0.449. The summed E-state index contributed by atoms with van der Waals surface area (Å²) in [5.41, 5.74) is 4.23. The summed E-state index contributed by atoms with van der Waals surface area (Å²) >= 11 is 0. The summed E-state index contributed by atoms with van der Waals surface area (Å²) in [6.45, 7) is -2.10. The van der Waals surface area contributed by atoms with Crippen molar-refractivity contribution in [1.29, 1.82) is 0 Å². The zero-order valence-electron chi connectivity index (χ0n) is 6.05. The van der Waals surface area contributed by atoms with Gasteiger partial charge in [0.05, 0.1) is 6.54 Å². The second kappa shape index (κ2) is 2.79. The van der Waals surface area contributed by atoms with Gasteiger partial charge in [0.2, 0.25) is 0 Å². The summed E-state index contributed by atoms with van der Waals surface area (Å²) in [5.74, 6) is -15.1. The molecular formula is C5H7F6N. The van der Waals surface area contributed by atoms with Crippen LogP contribution in [0.15, 0.2) is 0 Å². The molecule has 0 heterocycles. The van der Waals surface area contributed by atoms with Gasteiger partial charge in [-0.05, 0) is 0 Å². The van der Waals surface area contributed by atoms with Crippen molar-refractivity contribution in [3.8, 4) is 0 Å². The molecule has 0 aliphatic heterocycles. The number of alkyl halides is 6. The number of halogens is 6. The lowest BCUT2D eigenvalue weighted by Crippen LogP contribution is -2.56. The van der Waals surface area contributed by atoms with Gasteiger partial charge in [-0.1, -0.05) is 0 Å². The minimum absolute atomic E-state index is 0.281. The van der Waals surface area contributed by atoms with Gasteiger partial charge in [0, 0.05) is 6.92 Å². The first-order valence-electron chi connectivity index (χ1n) is 2.90. The molecule has 0 aliphatic rings. The van der Waals surface area contributed by atoms with Crippen molar-refractivity contribution in [2.24, 2.45) is 5.73 Å². The normalized spacial score (nSPS) is 15.0. The fourth-order valence-electron chi connectivity index (χ4n) is 0.449. The Morgan fingerprint density at radius 3 is 1.42 bits per heavy atom. The zero-order chi connectivity index (χ0) is 10.2. The summed E-state index contributed by atoms with van der Waals surface area (Å²) in [6, 6.07) is 0. The third-order valence-corrected chi connectivity index (χ3v) is 1.27. The van der Waals surface area contributed by atoms with E-state index in [1.807, 2.05) is 0 Å². The summed E-state index contributed by atoms with van der Waals surface area (Å²) in [6.07, 6.45) is 0. The van der Waals surface area contributed by atoms with Crippen LogP contribution < -0.4 is 5.73 Å². The van der Waals surface area contributed by atoms with E-state index in [1.54, 1.807) is 0 Å². The molecule has 2 N–H and O–H groups in total. The van der Waals surface area contributed by atoms with E-state index < -0.39 is 24.3 Å². The Morgan fingerprint density at radius 1 is 1.00 bits per heavy atom. The number of hydrogen-bond donors (Lipinski definition) is 1. The van der Waals surface area contributed by atoms with Crippen molar-refractivity contribution in [3.05, 3.63) is 0 Å². The summed E-state index contributed by atoms with van der Waals surface area (Å²) in [4.78, 5) is 0. The van der Waals surface area contributed by atoms with Crippen LogP contribution in [0.1, 0.15) is 6.92 Å². The third-order valence-electron chi connectivity index (χ3n) is 1.27. The molecule has 0 radical (unpaired) electrons. The van der Waals surface area contributed by atoms with Crippen LogP contribution in [0.3, 0.4) is 0 Å². The Labute approximate surface area is 64.5 Å². The van der Waals surface area contributed by atoms with Crippen LogP contribution in [0.25, 0.3) is 0 Å². The minimum Gasteiger partial charge on any atom is -0.325 e. The maximum Gasteiger partial charge on any atom is 0.372 e. The Morgan fingerprint density at radius 2 is 1.33 bits per heavy atom. The predicted molar refractivity (Wildman–Crippen MR) is 29.6 cm³/mol. The second-order valence-corrected chi connectivity index (χ2v) is 2.37. The molecule has 0 saturated heterocycles. The zero-order valence-corrected chi connectivity index (χ0v) is 6.05. The lowest BCUT2D eigenvalue weighted by Gasteiger charge is -2.29. The molecule has 0 rings (SSSR count). The lowest BCUT2D eigenvalue weighted by atomic mass is 10.1.